The van der Waals surface area contributed by atoms with Crippen LogP contribution in [0.1, 0.15) is 31.2 Å². The summed E-state index contributed by atoms with van der Waals surface area (Å²) in [5, 5.41) is 3.67. The van der Waals surface area contributed by atoms with Crippen LogP contribution in [0.5, 0.6) is 0 Å². The van der Waals surface area contributed by atoms with Crippen LogP contribution in [0.4, 0.5) is 4.39 Å². The molecule has 0 aromatic heterocycles. The normalized spacial score (nSPS) is 16.5. The minimum Gasteiger partial charge on any atom is -0.317 e. The zero-order valence-electron chi connectivity index (χ0n) is 10.9. The number of nitrogens with one attached hydrogen (secondary N) is 1. The number of hydrogen-bond donors (Lipinski definition) is 1. The number of Topliss-reactive ketones (excluding diaryl/α,β-unsaturated/α-hetero) is 1. The molecule has 0 aliphatic carbocycles. The lowest BCUT2D eigenvalue weighted by Gasteiger charge is -2.22. The lowest BCUT2D eigenvalue weighted by molar-refractivity contribution is -0.118. The summed E-state index contributed by atoms with van der Waals surface area (Å²) >= 11 is 5.69. The highest BCUT2D eigenvalue weighted by atomic mass is 35.5. The summed E-state index contributed by atoms with van der Waals surface area (Å²) in [7, 11) is 0. The van der Waals surface area contributed by atoms with Gasteiger partial charge >= 0.3 is 0 Å². The third kappa shape index (κ3) is 4.59. The molecule has 0 unspecified atom stereocenters. The number of halogens is 2. The van der Waals surface area contributed by atoms with E-state index in [1.54, 1.807) is 12.1 Å². The minimum absolute atomic E-state index is 0.111. The monoisotopic (exact) mass is 283 g/mol. The smallest absolute Gasteiger partial charge is 0.137 e. The molecule has 104 valence electrons. The Kier molecular flexibility index (Phi) is 5.34. The fourth-order valence-electron chi connectivity index (χ4n) is 2.50. The Morgan fingerprint density at radius 1 is 1.37 bits per heavy atom. The first-order valence-electron chi connectivity index (χ1n) is 6.81. The molecule has 1 aromatic carbocycles. The minimum atomic E-state index is -0.386. The van der Waals surface area contributed by atoms with Gasteiger partial charge in [-0.25, -0.2) is 4.39 Å². The highest BCUT2D eigenvalue weighted by molar-refractivity contribution is 6.30. The third-order valence-electron chi connectivity index (χ3n) is 3.69. The van der Waals surface area contributed by atoms with E-state index in [9.17, 15) is 9.18 Å². The molecule has 2 nitrogen and oxygen atoms in total. The number of benzene rings is 1. The standard InChI is InChI=1S/C15H19ClFNO/c16-13-3-2-12(15(17)10-13)9-14(19)4-1-11-5-7-18-8-6-11/h2-3,10-11,18H,1,4-9H2. The van der Waals surface area contributed by atoms with Crippen molar-refractivity contribution < 1.29 is 9.18 Å². The van der Waals surface area contributed by atoms with E-state index >= 15 is 0 Å². The Labute approximate surface area is 118 Å². The van der Waals surface area contributed by atoms with E-state index in [0.29, 0.717) is 22.9 Å². The molecule has 1 fully saturated rings. The molecular formula is C15H19ClFNO. The van der Waals surface area contributed by atoms with Crippen molar-refractivity contribution in [3.8, 4) is 0 Å². The van der Waals surface area contributed by atoms with Crippen LogP contribution in [-0.2, 0) is 11.2 Å². The Morgan fingerprint density at radius 2 is 2.11 bits per heavy atom. The van der Waals surface area contributed by atoms with E-state index in [0.717, 1.165) is 32.4 Å². The Hall–Kier alpha value is -0.930. The maximum Gasteiger partial charge on any atom is 0.137 e. The summed E-state index contributed by atoms with van der Waals surface area (Å²) in [6, 6.07) is 4.48. The van der Waals surface area contributed by atoms with Crippen LogP contribution in [0.3, 0.4) is 0 Å². The van der Waals surface area contributed by atoms with Gasteiger partial charge in [-0.2, -0.15) is 0 Å². The van der Waals surface area contributed by atoms with Gasteiger partial charge in [0.15, 0.2) is 0 Å². The van der Waals surface area contributed by atoms with Crippen molar-refractivity contribution in [1.82, 2.24) is 5.32 Å². The molecule has 1 aliphatic rings. The number of ketones is 1. The van der Waals surface area contributed by atoms with Crippen LogP contribution in [0.25, 0.3) is 0 Å². The van der Waals surface area contributed by atoms with Crippen LogP contribution in [0, 0.1) is 11.7 Å². The van der Waals surface area contributed by atoms with Crippen LogP contribution in [0.2, 0.25) is 5.02 Å². The molecule has 0 bridgehead atoms. The molecule has 1 saturated heterocycles. The SMILES string of the molecule is O=C(CCC1CCNCC1)Cc1ccc(Cl)cc1F. The van der Waals surface area contributed by atoms with Crippen LogP contribution in [-0.4, -0.2) is 18.9 Å². The quantitative estimate of drug-likeness (QED) is 0.898. The number of piperidine rings is 1. The predicted molar refractivity (Wildman–Crippen MR) is 74.9 cm³/mol. The van der Waals surface area contributed by atoms with Crippen molar-refractivity contribution in [3.63, 3.8) is 0 Å². The third-order valence-corrected chi connectivity index (χ3v) is 3.93. The van der Waals surface area contributed by atoms with Crippen LogP contribution < -0.4 is 5.32 Å². The first-order chi connectivity index (χ1) is 9.15. The molecule has 1 aromatic rings. The van der Waals surface area contributed by atoms with Gasteiger partial charge in [-0.05, 0) is 56.0 Å². The van der Waals surface area contributed by atoms with Gasteiger partial charge in [0.2, 0.25) is 0 Å². The van der Waals surface area contributed by atoms with Crippen molar-refractivity contribution in [2.75, 3.05) is 13.1 Å². The molecular weight excluding hydrogens is 265 g/mol. The van der Waals surface area contributed by atoms with Gasteiger partial charge in [-0.1, -0.05) is 17.7 Å². The first kappa shape index (κ1) is 14.5. The highest BCUT2D eigenvalue weighted by Gasteiger charge is 2.15. The molecule has 0 atom stereocenters. The maximum atomic E-state index is 13.6. The van der Waals surface area contributed by atoms with E-state index < -0.39 is 0 Å². The number of carbonyl (C=O) groups is 1. The second kappa shape index (κ2) is 7.01. The van der Waals surface area contributed by atoms with Crippen molar-refractivity contribution in [2.45, 2.75) is 32.1 Å². The Morgan fingerprint density at radius 3 is 2.79 bits per heavy atom. The summed E-state index contributed by atoms with van der Waals surface area (Å²) < 4.78 is 13.6. The van der Waals surface area contributed by atoms with Gasteiger partial charge in [0.25, 0.3) is 0 Å². The van der Waals surface area contributed by atoms with Gasteiger partial charge in [0.1, 0.15) is 11.6 Å². The molecule has 1 heterocycles. The van der Waals surface area contributed by atoms with Gasteiger partial charge in [-0.15, -0.1) is 0 Å². The molecule has 0 amide bonds. The molecule has 1 aliphatic heterocycles. The molecule has 19 heavy (non-hydrogen) atoms. The van der Waals surface area contributed by atoms with Crippen LogP contribution in [0.15, 0.2) is 18.2 Å². The van der Waals surface area contributed by atoms with E-state index in [1.165, 1.54) is 6.07 Å². The summed E-state index contributed by atoms with van der Waals surface area (Å²) in [4.78, 5) is 11.9. The van der Waals surface area contributed by atoms with E-state index in [2.05, 4.69) is 5.32 Å². The average molecular weight is 284 g/mol. The zero-order valence-corrected chi connectivity index (χ0v) is 11.7. The molecule has 0 saturated carbocycles. The topological polar surface area (TPSA) is 29.1 Å². The predicted octanol–water partition coefficient (Wildman–Crippen LogP) is 3.37. The summed E-state index contributed by atoms with van der Waals surface area (Å²) in [6.07, 6.45) is 3.93. The maximum absolute atomic E-state index is 13.6. The lowest BCUT2D eigenvalue weighted by atomic mass is 9.91. The first-order valence-corrected chi connectivity index (χ1v) is 7.19. The molecule has 0 spiro atoms. The van der Waals surface area contributed by atoms with Crippen molar-refractivity contribution in [1.29, 1.82) is 0 Å². The van der Waals surface area contributed by atoms with Crippen molar-refractivity contribution in [2.24, 2.45) is 5.92 Å². The zero-order chi connectivity index (χ0) is 13.7. The molecule has 4 heteroatoms. The Bertz CT molecular complexity index is 444. The van der Waals surface area contributed by atoms with E-state index in [4.69, 9.17) is 11.6 Å². The molecule has 1 N–H and O–H groups in total. The number of carbonyl (C=O) groups excluding carboxylic acids is 1. The number of hydrogen-bond acceptors (Lipinski definition) is 2. The summed E-state index contributed by atoms with van der Waals surface area (Å²) in [5.74, 6) is 0.364. The fourth-order valence-corrected chi connectivity index (χ4v) is 2.66. The highest BCUT2D eigenvalue weighted by Crippen LogP contribution is 2.20. The fraction of sp³-hybridized carbons (Fsp3) is 0.533. The second-order valence-electron chi connectivity index (χ2n) is 5.18. The van der Waals surface area contributed by atoms with Gasteiger partial charge in [0, 0.05) is 17.9 Å². The molecule has 2 rings (SSSR count). The second-order valence-corrected chi connectivity index (χ2v) is 5.62. The van der Waals surface area contributed by atoms with Gasteiger partial charge < -0.3 is 5.32 Å². The van der Waals surface area contributed by atoms with E-state index in [1.807, 2.05) is 0 Å². The van der Waals surface area contributed by atoms with E-state index in [-0.39, 0.29) is 18.0 Å². The largest absolute Gasteiger partial charge is 0.317 e. The van der Waals surface area contributed by atoms with Gasteiger partial charge in [0.05, 0.1) is 0 Å². The average Bonchev–Trinajstić information content (AvgIpc) is 2.41. The summed E-state index contributed by atoms with van der Waals surface area (Å²) in [6.45, 7) is 2.09. The van der Waals surface area contributed by atoms with Crippen LogP contribution >= 0.6 is 11.6 Å². The lowest BCUT2D eigenvalue weighted by Crippen LogP contribution is -2.28. The summed E-state index contributed by atoms with van der Waals surface area (Å²) in [5.41, 5.74) is 0.444. The van der Waals surface area contributed by atoms with Crippen molar-refractivity contribution >= 4 is 17.4 Å². The van der Waals surface area contributed by atoms with Gasteiger partial charge in [-0.3, -0.25) is 4.79 Å². The molecule has 0 radical (unpaired) electrons. The Balaban J connectivity index is 1.80. The number of rotatable bonds is 5. The van der Waals surface area contributed by atoms with Crippen molar-refractivity contribution in [3.05, 3.63) is 34.6 Å².